The van der Waals surface area contributed by atoms with E-state index in [2.05, 4.69) is 27.4 Å². The molecule has 0 amide bonds. The van der Waals surface area contributed by atoms with Crippen molar-refractivity contribution in [2.45, 2.75) is 27.2 Å². The van der Waals surface area contributed by atoms with Gasteiger partial charge in [-0.05, 0) is 32.4 Å². The standard InChI is InChI=1S/C16H20N4O2/c1-4-9-22-14-8-6-5-7-13(14)10-17-20-16-18-12(3)11(2)15(21)19-16/h5-8,10H,4,9H2,1-3H3,(H2,18,19,20,21)/b17-10-. The van der Waals surface area contributed by atoms with E-state index in [1.165, 1.54) is 0 Å². The molecule has 0 atom stereocenters. The fourth-order valence-electron chi connectivity index (χ4n) is 1.79. The van der Waals surface area contributed by atoms with Gasteiger partial charge in [0.15, 0.2) is 0 Å². The molecule has 2 aromatic rings. The van der Waals surface area contributed by atoms with Crippen LogP contribution in [0.1, 0.15) is 30.2 Å². The Morgan fingerprint density at radius 3 is 2.86 bits per heavy atom. The summed E-state index contributed by atoms with van der Waals surface area (Å²) in [6.07, 6.45) is 2.58. The molecule has 1 aromatic heterocycles. The molecule has 0 aliphatic carbocycles. The lowest BCUT2D eigenvalue weighted by molar-refractivity contribution is 0.317. The van der Waals surface area contributed by atoms with E-state index < -0.39 is 0 Å². The summed E-state index contributed by atoms with van der Waals surface area (Å²) in [5.74, 6) is 1.09. The molecule has 22 heavy (non-hydrogen) atoms. The number of nitrogens with zero attached hydrogens (tertiary/aromatic N) is 2. The number of rotatable bonds is 6. The van der Waals surface area contributed by atoms with Gasteiger partial charge in [-0.1, -0.05) is 19.1 Å². The maximum absolute atomic E-state index is 11.7. The minimum atomic E-state index is -0.170. The average molecular weight is 300 g/mol. The number of aromatic nitrogens is 2. The van der Waals surface area contributed by atoms with Gasteiger partial charge in [-0.15, -0.1) is 0 Å². The summed E-state index contributed by atoms with van der Waals surface area (Å²) in [6.45, 7) is 6.23. The molecule has 0 unspecified atom stereocenters. The van der Waals surface area contributed by atoms with Gasteiger partial charge >= 0.3 is 0 Å². The quantitative estimate of drug-likeness (QED) is 0.635. The van der Waals surface area contributed by atoms with E-state index in [0.29, 0.717) is 23.8 Å². The van der Waals surface area contributed by atoms with Crippen molar-refractivity contribution in [1.82, 2.24) is 9.97 Å². The van der Waals surface area contributed by atoms with Crippen LogP contribution in [-0.2, 0) is 0 Å². The Labute approximate surface area is 129 Å². The highest BCUT2D eigenvalue weighted by Crippen LogP contribution is 2.16. The van der Waals surface area contributed by atoms with Crippen LogP contribution in [-0.4, -0.2) is 22.8 Å². The first-order chi connectivity index (χ1) is 10.6. The van der Waals surface area contributed by atoms with Gasteiger partial charge in [0.1, 0.15) is 5.75 Å². The monoisotopic (exact) mass is 300 g/mol. The summed E-state index contributed by atoms with van der Waals surface area (Å²) in [7, 11) is 0. The second kappa shape index (κ2) is 7.40. The van der Waals surface area contributed by atoms with Crippen LogP contribution in [0, 0.1) is 13.8 Å². The molecule has 0 saturated heterocycles. The first-order valence-electron chi connectivity index (χ1n) is 7.20. The van der Waals surface area contributed by atoms with E-state index in [9.17, 15) is 4.79 Å². The second-order valence-corrected chi connectivity index (χ2v) is 4.88. The summed E-state index contributed by atoms with van der Waals surface area (Å²) in [5.41, 5.74) is 4.70. The predicted molar refractivity (Wildman–Crippen MR) is 87.8 cm³/mol. The molecule has 0 spiro atoms. The Kier molecular flexibility index (Phi) is 5.30. The van der Waals surface area contributed by atoms with Gasteiger partial charge in [0.25, 0.3) is 5.56 Å². The van der Waals surface area contributed by atoms with Crippen molar-refractivity contribution >= 4 is 12.2 Å². The van der Waals surface area contributed by atoms with Crippen molar-refractivity contribution in [3.05, 3.63) is 51.4 Å². The van der Waals surface area contributed by atoms with E-state index in [1.807, 2.05) is 24.3 Å². The van der Waals surface area contributed by atoms with Crippen molar-refractivity contribution in [1.29, 1.82) is 0 Å². The molecule has 0 bridgehead atoms. The lowest BCUT2D eigenvalue weighted by Crippen LogP contribution is -2.15. The number of H-pyrrole nitrogens is 1. The molecule has 116 valence electrons. The summed E-state index contributed by atoms with van der Waals surface area (Å²) >= 11 is 0. The van der Waals surface area contributed by atoms with Gasteiger partial charge < -0.3 is 4.74 Å². The number of aromatic amines is 1. The molecule has 1 aromatic carbocycles. The summed E-state index contributed by atoms with van der Waals surface area (Å²) in [5, 5.41) is 4.10. The van der Waals surface area contributed by atoms with Crippen LogP contribution in [0.5, 0.6) is 5.75 Å². The van der Waals surface area contributed by atoms with Crippen molar-refractivity contribution in [2.24, 2.45) is 5.10 Å². The minimum absolute atomic E-state index is 0.170. The van der Waals surface area contributed by atoms with E-state index in [1.54, 1.807) is 20.1 Å². The number of aryl methyl sites for hydroxylation is 1. The highest BCUT2D eigenvalue weighted by atomic mass is 16.5. The SMILES string of the molecule is CCCOc1ccccc1/C=N\Nc1nc(C)c(C)c(=O)[nH]1. The molecule has 1 heterocycles. The second-order valence-electron chi connectivity index (χ2n) is 4.88. The van der Waals surface area contributed by atoms with Crippen molar-refractivity contribution in [3.8, 4) is 5.75 Å². The molecule has 0 aliphatic heterocycles. The van der Waals surface area contributed by atoms with Gasteiger partial charge in [0.05, 0.1) is 12.8 Å². The summed E-state index contributed by atoms with van der Waals surface area (Å²) in [4.78, 5) is 18.5. The van der Waals surface area contributed by atoms with Gasteiger partial charge in [-0.2, -0.15) is 5.10 Å². The maximum Gasteiger partial charge on any atom is 0.255 e. The van der Waals surface area contributed by atoms with Crippen LogP contribution in [0.15, 0.2) is 34.2 Å². The van der Waals surface area contributed by atoms with Crippen LogP contribution in [0.4, 0.5) is 5.95 Å². The van der Waals surface area contributed by atoms with Crippen molar-refractivity contribution in [2.75, 3.05) is 12.0 Å². The van der Waals surface area contributed by atoms with Gasteiger partial charge in [0.2, 0.25) is 5.95 Å². The molecular formula is C16H20N4O2. The number of ether oxygens (including phenoxy) is 1. The Morgan fingerprint density at radius 1 is 1.36 bits per heavy atom. The van der Waals surface area contributed by atoms with Crippen LogP contribution in [0.2, 0.25) is 0 Å². The largest absolute Gasteiger partial charge is 0.493 e. The van der Waals surface area contributed by atoms with Gasteiger partial charge in [-0.25, -0.2) is 10.4 Å². The lowest BCUT2D eigenvalue weighted by atomic mass is 10.2. The summed E-state index contributed by atoms with van der Waals surface area (Å²) in [6, 6.07) is 7.63. The van der Waals surface area contributed by atoms with Crippen LogP contribution in [0.3, 0.4) is 0 Å². The number of para-hydroxylation sites is 1. The Morgan fingerprint density at radius 2 is 2.14 bits per heavy atom. The number of hydrogen-bond acceptors (Lipinski definition) is 5. The topological polar surface area (TPSA) is 79.4 Å². The zero-order valence-corrected chi connectivity index (χ0v) is 13.0. The normalized spacial score (nSPS) is 10.9. The fourth-order valence-corrected chi connectivity index (χ4v) is 1.79. The highest BCUT2D eigenvalue weighted by molar-refractivity contribution is 5.83. The average Bonchev–Trinajstić information content (AvgIpc) is 2.51. The number of hydrogen-bond donors (Lipinski definition) is 2. The van der Waals surface area contributed by atoms with Crippen LogP contribution in [0.25, 0.3) is 0 Å². The Bertz CT molecular complexity index is 722. The molecular weight excluding hydrogens is 280 g/mol. The molecule has 0 aliphatic rings. The highest BCUT2D eigenvalue weighted by Gasteiger charge is 2.03. The number of nitrogens with one attached hydrogen (secondary N) is 2. The van der Waals surface area contributed by atoms with E-state index in [0.717, 1.165) is 17.7 Å². The first kappa shape index (κ1) is 15.8. The third-order valence-electron chi connectivity index (χ3n) is 3.15. The molecule has 0 radical (unpaired) electrons. The molecule has 2 rings (SSSR count). The van der Waals surface area contributed by atoms with Crippen LogP contribution < -0.4 is 15.7 Å². The smallest absolute Gasteiger partial charge is 0.255 e. The lowest BCUT2D eigenvalue weighted by Gasteiger charge is -2.07. The molecule has 0 fully saturated rings. The number of anilines is 1. The maximum atomic E-state index is 11.7. The van der Waals surface area contributed by atoms with Crippen molar-refractivity contribution in [3.63, 3.8) is 0 Å². The Hall–Kier alpha value is -2.63. The van der Waals surface area contributed by atoms with Gasteiger partial charge in [-0.3, -0.25) is 9.78 Å². The molecule has 2 N–H and O–H groups in total. The fraction of sp³-hybridized carbons (Fsp3) is 0.312. The van der Waals surface area contributed by atoms with E-state index >= 15 is 0 Å². The zero-order valence-electron chi connectivity index (χ0n) is 13.0. The predicted octanol–water partition coefficient (Wildman–Crippen LogP) is 2.62. The number of hydrazone groups is 1. The first-order valence-corrected chi connectivity index (χ1v) is 7.20. The zero-order chi connectivity index (χ0) is 15.9. The molecule has 6 heteroatoms. The summed E-state index contributed by atoms with van der Waals surface area (Å²) < 4.78 is 5.65. The molecule has 0 saturated carbocycles. The number of benzene rings is 1. The van der Waals surface area contributed by atoms with E-state index in [4.69, 9.17) is 4.74 Å². The van der Waals surface area contributed by atoms with Crippen LogP contribution >= 0.6 is 0 Å². The van der Waals surface area contributed by atoms with Gasteiger partial charge in [0, 0.05) is 16.8 Å². The molecule has 6 nitrogen and oxygen atoms in total. The Balaban J connectivity index is 2.11. The third-order valence-corrected chi connectivity index (χ3v) is 3.15. The van der Waals surface area contributed by atoms with Crippen molar-refractivity contribution < 1.29 is 4.74 Å². The third kappa shape index (κ3) is 3.94. The minimum Gasteiger partial charge on any atom is -0.493 e. The van der Waals surface area contributed by atoms with E-state index in [-0.39, 0.29) is 5.56 Å².